The second kappa shape index (κ2) is 16.5. The Morgan fingerprint density at radius 2 is 1.41 bits per heavy atom. The van der Waals surface area contributed by atoms with Crippen molar-refractivity contribution in [1.82, 2.24) is 24.4 Å². The van der Waals surface area contributed by atoms with Gasteiger partial charge in [0.25, 0.3) is 11.1 Å². The van der Waals surface area contributed by atoms with Gasteiger partial charge in [0.1, 0.15) is 11.7 Å². The molecule has 56 heavy (non-hydrogen) atoms. The second-order valence-electron chi connectivity index (χ2n) is 13.6. The van der Waals surface area contributed by atoms with Crippen molar-refractivity contribution < 1.29 is 18.6 Å². The van der Waals surface area contributed by atoms with E-state index < -0.39 is 5.82 Å². The Bertz CT molecular complexity index is 2560. The number of nitriles is 1. The lowest BCUT2D eigenvalue weighted by Gasteiger charge is -2.33. The smallest absolute Gasteiger partial charge is 0.258 e. The summed E-state index contributed by atoms with van der Waals surface area (Å²) >= 11 is 0. The molecule has 288 valence electrons. The van der Waals surface area contributed by atoms with Crippen LogP contribution in [0.4, 0.5) is 15.8 Å². The third-order valence-corrected chi connectivity index (χ3v) is 10.1. The number of ether oxygens (including phenoxy) is 3. The van der Waals surface area contributed by atoms with Gasteiger partial charge in [0.05, 0.1) is 49.5 Å². The van der Waals surface area contributed by atoms with E-state index in [0.717, 1.165) is 62.8 Å². The molecule has 13 nitrogen and oxygen atoms in total. The molecule has 8 rings (SSSR count). The first-order valence-corrected chi connectivity index (χ1v) is 18.3. The highest BCUT2D eigenvalue weighted by Crippen LogP contribution is 2.34. The van der Waals surface area contributed by atoms with Gasteiger partial charge in [-0.3, -0.25) is 18.4 Å². The largest absolute Gasteiger partial charge is 0.494 e. The zero-order valence-electron chi connectivity index (χ0n) is 31.7. The number of nitrogens with zero attached hydrogens (tertiary/aromatic N) is 6. The monoisotopic (exact) mass is 758 g/mol. The highest BCUT2D eigenvalue weighted by Gasteiger charge is 2.19. The number of anilines is 2. The summed E-state index contributed by atoms with van der Waals surface area (Å²) in [6, 6.07) is 23.1. The first kappa shape index (κ1) is 37.9. The maximum absolute atomic E-state index is 14.0. The fourth-order valence-corrected chi connectivity index (χ4v) is 7.16. The summed E-state index contributed by atoms with van der Waals surface area (Å²) in [5.74, 6) is 0.808. The number of halogens is 1. The van der Waals surface area contributed by atoms with E-state index in [1.54, 1.807) is 36.8 Å². The van der Waals surface area contributed by atoms with Gasteiger partial charge >= 0.3 is 0 Å². The molecule has 2 aromatic carbocycles. The Hall–Kier alpha value is -6.43. The molecule has 1 atom stereocenters. The molecule has 0 radical (unpaired) electrons. The van der Waals surface area contributed by atoms with Crippen LogP contribution >= 0.6 is 0 Å². The Morgan fingerprint density at radius 1 is 0.750 bits per heavy atom. The Morgan fingerprint density at radius 3 is 2.12 bits per heavy atom. The normalized spacial score (nSPS) is 15.5. The van der Waals surface area contributed by atoms with Gasteiger partial charge in [0.15, 0.2) is 23.1 Å². The van der Waals surface area contributed by atoms with Gasteiger partial charge < -0.3 is 34.6 Å². The molecule has 0 spiro atoms. The van der Waals surface area contributed by atoms with E-state index in [9.17, 15) is 19.2 Å². The molecule has 2 aliphatic heterocycles. The number of aromatic nitrogens is 3. The third-order valence-electron chi connectivity index (χ3n) is 10.1. The molecule has 6 aromatic rings. The molecule has 0 amide bonds. The Kier molecular flexibility index (Phi) is 11.2. The maximum atomic E-state index is 14.0. The van der Waals surface area contributed by atoms with Crippen molar-refractivity contribution in [1.29, 1.82) is 5.26 Å². The van der Waals surface area contributed by atoms with Crippen molar-refractivity contribution in [3.63, 3.8) is 0 Å². The number of piperazine rings is 2. The molecule has 0 bridgehead atoms. The van der Waals surface area contributed by atoms with Crippen molar-refractivity contribution in [3.05, 3.63) is 117 Å². The molecule has 2 aliphatic rings. The highest BCUT2D eigenvalue weighted by molar-refractivity contribution is 5.81. The molecule has 2 N–H and O–H groups in total. The van der Waals surface area contributed by atoms with E-state index in [2.05, 4.69) is 38.4 Å². The molecule has 14 heteroatoms. The van der Waals surface area contributed by atoms with E-state index in [-0.39, 0.29) is 16.9 Å². The summed E-state index contributed by atoms with van der Waals surface area (Å²) in [5, 5.41) is 16.6. The summed E-state index contributed by atoms with van der Waals surface area (Å²) in [7, 11) is 4.53. The summed E-state index contributed by atoms with van der Waals surface area (Å²) in [4.78, 5) is 34.6. The fourth-order valence-electron chi connectivity index (χ4n) is 7.16. The molecule has 2 saturated heterocycles. The Labute approximate surface area is 323 Å². The molecular formula is C42H43FN8O5. The van der Waals surface area contributed by atoms with E-state index in [1.165, 1.54) is 35.8 Å². The topological polar surface area (TPSA) is 138 Å². The van der Waals surface area contributed by atoms with Gasteiger partial charge in [-0.05, 0) is 67.1 Å². The van der Waals surface area contributed by atoms with Crippen LogP contribution < -0.4 is 45.8 Å². The number of pyridine rings is 3. The summed E-state index contributed by atoms with van der Waals surface area (Å²) in [5.41, 5.74) is 5.42. The van der Waals surface area contributed by atoms with Gasteiger partial charge in [-0.2, -0.15) is 5.26 Å². The molecule has 2 fully saturated rings. The van der Waals surface area contributed by atoms with Crippen molar-refractivity contribution in [2.75, 3.05) is 76.9 Å². The van der Waals surface area contributed by atoms with Crippen molar-refractivity contribution >= 4 is 22.5 Å². The first-order chi connectivity index (χ1) is 27.2. The lowest BCUT2D eigenvalue weighted by atomic mass is 9.99. The molecule has 4 aromatic heterocycles. The van der Waals surface area contributed by atoms with Gasteiger partial charge in [-0.1, -0.05) is 6.07 Å². The standard InChI is InChI=1S/C22H22N4O3.C20H21FN4O2/c1-28-20-6-3-15(11-21(20)29-2)17-12-22(27)26-14-16(25-9-7-24-8-10-25)4-5-19(26)18(17)13-23;1-13-11-24(8-7-22-13)15-4-6-19-23-17(10-20(26)25(19)12-15)14-3-5-18(27-2)16(21)9-14/h3-6,11-12,14,24H,7-10H2,1-2H3;3-6,9-10,12-13,22H,7-8,11H2,1-2H3/t;13-/m.1/s1. The molecule has 6 heterocycles. The molecule has 0 unspecified atom stereocenters. The first-order valence-electron chi connectivity index (χ1n) is 18.3. The van der Waals surface area contributed by atoms with Crippen molar-refractivity contribution in [2.24, 2.45) is 0 Å². The van der Waals surface area contributed by atoms with Crippen LogP contribution in [0.1, 0.15) is 12.5 Å². The van der Waals surface area contributed by atoms with E-state index in [1.807, 2.05) is 42.7 Å². The van der Waals surface area contributed by atoms with Crippen LogP contribution in [-0.2, 0) is 0 Å². The summed E-state index contributed by atoms with van der Waals surface area (Å²) < 4.78 is 32.7. The number of rotatable bonds is 7. The van der Waals surface area contributed by atoms with Crippen LogP contribution in [0.25, 0.3) is 33.5 Å². The van der Waals surface area contributed by atoms with E-state index >= 15 is 0 Å². The van der Waals surface area contributed by atoms with Gasteiger partial charge in [-0.15, -0.1) is 0 Å². The molecule has 0 aliphatic carbocycles. The number of hydrogen-bond acceptors (Lipinski definition) is 11. The maximum Gasteiger partial charge on any atom is 0.258 e. The Balaban J connectivity index is 0.000000172. The number of methoxy groups -OCH3 is 3. The predicted molar refractivity (Wildman–Crippen MR) is 215 cm³/mol. The van der Waals surface area contributed by atoms with Gasteiger partial charge in [0, 0.05) is 87.5 Å². The number of hydrogen-bond donors (Lipinski definition) is 2. The average Bonchev–Trinajstić information content (AvgIpc) is 3.23. The fraction of sp³-hybridized carbons (Fsp3) is 0.286. The average molecular weight is 759 g/mol. The number of benzene rings is 2. The van der Waals surface area contributed by atoms with Crippen LogP contribution in [-0.4, -0.2) is 87.0 Å². The minimum Gasteiger partial charge on any atom is -0.494 e. The molecule has 0 saturated carbocycles. The minimum atomic E-state index is -0.486. The summed E-state index contributed by atoms with van der Waals surface area (Å²) in [6.07, 6.45) is 3.64. The van der Waals surface area contributed by atoms with Crippen LogP contribution in [0, 0.1) is 17.1 Å². The number of nitrogens with one attached hydrogen (secondary N) is 2. The number of fused-ring (bicyclic) bond motifs is 2. The predicted octanol–water partition coefficient (Wildman–Crippen LogP) is 4.57. The summed E-state index contributed by atoms with van der Waals surface area (Å²) in [6.45, 7) is 8.42. The zero-order valence-corrected chi connectivity index (χ0v) is 31.7. The molecular weight excluding hydrogens is 716 g/mol. The lowest BCUT2D eigenvalue weighted by Crippen LogP contribution is -2.49. The quantitative estimate of drug-likeness (QED) is 0.237. The lowest BCUT2D eigenvalue weighted by molar-refractivity contribution is 0.355. The van der Waals surface area contributed by atoms with E-state index in [4.69, 9.17) is 14.2 Å². The van der Waals surface area contributed by atoms with Crippen LogP contribution in [0.3, 0.4) is 0 Å². The van der Waals surface area contributed by atoms with Crippen molar-refractivity contribution in [3.8, 4) is 45.7 Å². The minimum absolute atomic E-state index is 0.158. The van der Waals surface area contributed by atoms with Crippen LogP contribution in [0.2, 0.25) is 0 Å². The SMILES string of the molecule is COc1ccc(-c2cc(=O)n3cc(N4CCNCC4)ccc3c2C#N)cc1OC.COc1ccc(-c2cc(=O)n3cc(N4CCN[C@H](C)C4)ccc3n2)cc1F. The van der Waals surface area contributed by atoms with Crippen molar-refractivity contribution in [2.45, 2.75) is 13.0 Å². The van der Waals surface area contributed by atoms with Crippen LogP contribution in [0.5, 0.6) is 17.2 Å². The van der Waals surface area contributed by atoms with Gasteiger partial charge in [-0.25, -0.2) is 9.37 Å². The van der Waals surface area contributed by atoms with E-state index in [0.29, 0.717) is 51.1 Å². The highest BCUT2D eigenvalue weighted by atomic mass is 19.1. The zero-order chi connectivity index (χ0) is 39.3. The third kappa shape index (κ3) is 7.72. The van der Waals surface area contributed by atoms with Crippen LogP contribution in [0.15, 0.2) is 94.8 Å². The second-order valence-corrected chi connectivity index (χ2v) is 13.6. The van der Waals surface area contributed by atoms with Gasteiger partial charge in [0.2, 0.25) is 0 Å².